The lowest BCUT2D eigenvalue weighted by Gasteiger charge is -2.34. The van der Waals surface area contributed by atoms with E-state index in [4.69, 9.17) is 15.9 Å². The van der Waals surface area contributed by atoms with Crippen molar-refractivity contribution in [1.29, 1.82) is 5.41 Å². The fourth-order valence-electron chi connectivity index (χ4n) is 3.51. The molecule has 1 aliphatic heterocycles. The zero-order valence-corrected chi connectivity index (χ0v) is 17.0. The molecule has 8 heteroatoms. The molecule has 1 unspecified atom stereocenters. The van der Waals surface area contributed by atoms with E-state index in [1.54, 1.807) is 41.6 Å². The molecule has 1 amide bonds. The number of hydrogen-bond donors (Lipinski definition) is 3. The zero-order chi connectivity index (χ0) is 21.6. The number of nitrogens with zero attached hydrogens (tertiary/aromatic N) is 3. The lowest BCUT2D eigenvalue weighted by Crippen LogP contribution is -2.41. The highest BCUT2D eigenvalue weighted by atomic mass is 16.5. The van der Waals surface area contributed by atoms with Gasteiger partial charge in [0.15, 0.2) is 0 Å². The van der Waals surface area contributed by atoms with Gasteiger partial charge in [0.1, 0.15) is 11.6 Å². The maximum atomic E-state index is 13.3. The number of nitrogens with two attached hydrogens (primary N) is 1. The second kappa shape index (κ2) is 9.25. The topological polar surface area (TPSA) is 117 Å². The van der Waals surface area contributed by atoms with E-state index in [0.717, 1.165) is 18.5 Å². The van der Waals surface area contributed by atoms with Crippen LogP contribution in [0.15, 0.2) is 67.0 Å². The number of amidine groups is 1. The molecule has 0 radical (unpaired) electrons. The van der Waals surface area contributed by atoms with Gasteiger partial charge in [-0.3, -0.25) is 10.2 Å². The summed E-state index contributed by atoms with van der Waals surface area (Å²) >= 11 is 0. The van der Waals surface area contributed by atoms with E-state index in [2.05, 4.69) is 15.3 Å². The van der Waals surface area contributed by atoms with Crippen LogP contribution in [-0.2, 0) is 4.79 Å². The Morgan fingerprint density at radius 3 is 2.71 bits per heavy atom. The highest BCUT2D eigenvalue weighted by molar-refractivity contribution is 6.01. The summed E-state index contributed by atoms with van der Waals surface area (Å²) in [5.41, 5.74) is 7.63. The number of carbonyl (C=O) groups excluding carboxylic acids is 1. The molecule has 1 atom stereocenters. The van der Waals surface area contributed by atoms with Gasteiger partial charge in [-0.1, -0.05) is 30.3 Å². The van der Waals surface area contributed by atoms with Crippen molar-refractivity contribution in [3.8, 4) is 5.75 Å². The number of aromatic nitrogens is 2. The summed E-state index contributed by atoms with van der Waals surface area (Å²) in [6, 6.07) is 16.4. The van der Waals surface area contributed by atoms with Crippen molar-refractivity contribution in [3.05, 3.63) is 78.1 Å². The number of para-hydroxylation sites is 2. The summed E-state index contributed by atoms with van der Waals surface area (Å²) in [6.07, 6.45) is 4.28. The van der Waals surface area contributed by atoms with Gasteiger partial charge in [0.25, 0.3) is 5.91 Å². The maximum Gasteiger partial charge on any atom is 0.272 e. The number of rotatable bonds is 8. The minimum absolute atomic E-state index is 0.0442. The lowest BCUT2D eigenvalue weighted by atomic mass is 10.0. The van der Waals surface area contributed by atoms with Gasteiger partial charge in [-0.05, 0) is 37.1 Å². The summed E-state index contributed by atoms with van der Waals surface area (Å²) in [4.78, 5) is 23.4. The standard InChI is InChI=1S/C23H24N6O2/c24-21(25)17-8-5-7-16(15-17)20-22(30)29(18-9-1-2-10-19(18)31-20)14-4-3-11-26-23-27-12-6-13-28-23/h1-2,5-10,12-13,15,20H,3-4,11,14H2,(H3,24,25)(H,26,27,28). The van der Waals surface area contributed by atoms with E-state index >= 15 is 0 Å². The van der Waals surface area contributed by atoms with Crippen molar-refractivity contribution in [2.45, 2.75) is 18.9 Å². The molecule has 0 bridgehead atoms. The average Bonchev–Trinajstić information content (AvgIpc) is 2.80. The first-order valence-electron chi connectivity index (χ1n) is 10.2. The third-order valence-electron chi connectivity index (χ3n) is 5.05. The van der Waals surface area contributed by atoms with Crippen molar-refractivity contribution in [2.75, 3.05) is 23.3 Å². The molecule has 1 aliphatic rings. The first-order valence-corrected chi connectivity index (χ1v) is 10.2. The molecule has 1 aromatic heterocycles. The maximum absolute atomic E-state index is 13.3. The Morgan fingerprint density at radius 2 is 1.90 bits per heavy atom. The number of hydrogen-bond acceptors (Lipinski definition) is 6. The predicted octanol–water partition coefficient (Wildman–Crippen LogP) is 3.12. The van der Waals surface area contributed by atoms with Crippen LogP contribution in [0.2, 0.25) is 0 Å². The van der Waals surface area contributed by atoms with Crippen LogP contribution >= 0.6 is 0 Å². The molecule has 158 valence electrons. The fraction of sp³-hybridized carbons (Fsp3) is 0.217. The van der Waals surface area contributed by atoms with Crippen molar-refractivity contribution >= 4 is 23.4 Å². The van der Waals surface area contributed by atoms with Crippen LogP contribution in [-0.4, -0.2) is 34.8 Å². The number of unbranched alkanes of at least 4 members (excludes halogenated alkanes) is 1. The molecule has 8 nitrogen and oxygen atoms in total. The largest absolute Gasteiger partial charge is 0.474 e. The Balaban J connectivity index is 1.46. The second-order valence-electron chi connectivity index (χ2n) is 7.20. The molecule has 2 heterocycles. The number of benzene rings is 2. The second-order valence-corrected chi connectivity index (χ2v) is 7.20. The fourth-order valence-corrected chi connectivity index (χ4v) is 3.51. The number of fused-ring (bicyclic) bond motifs is 1. The Labute approximate surface area is 180 Å². The monoisotopic (exact) mass is 416 g/mol. The molecule has 2 aromatic carbocycles. The van der Waals surface area contributed by atoms with Gasteiger partial charge in [0, 0.05) is 36.6 Å². The van der Waals surface area contributed by atoms with Gasteiger partial charge in [0.2, 0.25) is 12.1 Å². The number of anilines is 2. The summed E-state index contributed by atoms with van der Waals surface area (Å²) in [7, 11) is 0. The molecule has 3 aromatic rings. The first kappa shape index (κ1) is 20.3. The van der Waals surface area contributed by atoms with Crippen LogP contribution in [0, 0.1) is 5.41 Å². The highest BCUT2D eigenvalue weighted by Gasteiger charge is 2.35. The normalized spacial score (nSPS) is 15.2. The van der Waals surface area contributed by atoms with Crippen molar-refractivity contribution in [2.24, 2.45) is 5.73 Å². The van der Waals surface area contributed by atoms with Gasteiger partial charge in [-0.2, -0.15) is 0 Å². The van der Waals surface area contributed by atoms with E-state index in [1.807, 2.05) is 30.3 Å². The van der Waals surface area contributed by atoms with Crippen LogP contribution in [0.25, 0.3) is 0 Å². The van der Waals surface area contributed by atoms with Crippen molar-refractivity contribution in [1.82, 2.24) is 9.97 Å². The lowest BCUT2D eigenvalue weighted by molar-refractivity contribution is -0.126. The van der Waals surface area contributed by atoms with Crippen LogP contribution in [0.5, 0.6) is 5.75 Å². The predicted molar refractivity (Wildman–Crippen MR) is 119 cm³/mol. The third kappa shape index (κ3) is 4.63. The van der Waals surface area contributed by atoms with E-state index in [1.165, 1.54) is 0 Å². The smallest absolute Gasteiger partial charge is 0.272 e. The molecular formula is C23H24N6O2. The third-order valence-corrected chi connectivity index (χ3v) is 5.05. The number of nitrogens with one attached hydrogen (secondary N) is 2. The first-order chi connectivity index (χ1) is 15.1. The Bertz CT molecular complexity index is 1070. The SMILES string of the molecule is N=C(N)c1cccc(C2Oc3ccccc3N(CCCCNc3ncccn3)C2=O)c1. The van der Waals surface area contributed by atoms with Gasteiger partial charge in [-0.25, -0.2) is 9.97 Å². The van der Waals surface area contributed by atoms with Crippen molar-refractivity contribution in [3.63, 3.8) is 0 Å². The van der Waals surface area contributed by atoms with E-state index in [-0.39, 0.29) is 11.7 Å². The average molecular weight is 416 g/mol. The van der Waals surface area contributed by atoms with E-state index in [9.17, 15) is 4.79 Å². The number of amides is 1. The van der Waals surface area contributed by atoms with Crippen LogP contribution in [0.1, 0.15) is 30.1 Å². The molecule has 0 saturated heterocycles. The summed E-state index contributed by atoms with van der Waals surface area (Å²) < 4.78 is 6.05. The highest BCUT2D eigenvalue weighted by Crippen LogP contribution is 2.38. The summed E-state index contributed by atoms with van der Waals surface area (Å²) in [6.45, 7) is 1.29. The minimum atomic E-state index is -0.773. The molecule has 31 heavy (non-hydrogen) atoms. The number of carbonyl (C=O) groups is 1. The molecule has 4 rings (SSSR count). The molecule has 4 N–H and O–H groups in total. The van der Waals surface area contributed by atoms with Crippen LogP contribution < -0.4 is 20.7 Å². The van der Waals surface area contributed by atoms with Gasteiger partial charge >= 0.3 is 0 Å². The Morgan fingerprint density at radius 1 is 1.10 bits per heavy atom. The zero-order valence-electron chi connectivity index (χ0n) is 17.0. The Kier molecular flexibility index (Phi) is 6.07. The van der Waals surface area contributed by atoms with Crippen molar-refractivity contribution < 1.29 is 9.53 Å². The number of nitrogen functional groups attached to an aromatic ring is 1. The molecule has 0 saturated carbocycles. The van der Waals surface area contributed by atoms with Gasteiger partial charge in [-0.15, -0.1) is 0 Å². The van der Waals surface area contributed by atoms with Crippen LogP contribution in [0.4, 0.5) is 11.6 Å². The number of ether oxygens (including phenoxy) is 1. The Hall–Kier alpha value is -3.94. The molecule has 0 fully saturated rings. The molecule has 0 spiro atoms. The minimum Gasteiger partial charge on any atom is -0.474 e. The molecular weight excluding hydrogens is 392 g/mol. The van der Waals surface area contributed by atoms with Gasteiger partial charge in [0.05, 0.1) is 5.69 Å². The van der Waals surface area contributed by atoms with E-state index in [0.29, 0.717) is 35.9 Å². The molecule has 0 aliphatic carbocycles. The van der Waals surface area contributed by atoms with Crippen LogP contribution in [0.3, 0.4) is 0 Å². The van der Waals surface area contributed by atoms with Gasteiger partial charge < -0.3 is 20.7 Å². The quantitative estimate of drug-likeness (QED) is 0.295. The van der Waals surface area contributed by atoms with E-state index < -0.39 is 6.10 Å². The summed E-state index contributed by atoms with van der Waals surface area (Å²) in [5.74, 6) is 1.09. The summed E-state index contributed by atoms with van der Waals surface area (Å²) in [5, 5.41) is 10.9.